The van der Waals surface area contributed by atoms with Gasteiger partial charge in [0.05, 0.1) is 4.88 Å². The van der Waals surface area contributed by atoms with E-state index in [4.69, 9.17) is 0 Å². The number of halogens is 1. The molecule has 0 radical (unpaired) electrons. The molecule has 0 fully saturated rings. The Hall–Kier alpha value is -0.740. The van der Waals surface area contributed by atoms with E-state index in [1.54, 1.807) is 11.3 Å². The molecular formula is C8H5BrN2S. The molecule has 4 heteroatoms. The fourth-order valence-corrected chi connectivity index (χ4v) is 1.77. The maximum absolute atomic E-state index is 4.03. The second-order valence-corrected chi connectivity index (χ2v) is 3.98. The third-order valence-corrected chi connectivity index (χ3v) is 2.72. The van der Waals surface area contributed by atoms with Crippen LogP contribution in [0, 0.1) is 0 Å². The molecular weight excluding hydrogens is 236 g/mol. The van der Waals surface area contributed by atoms with Crippen molar-refractivity contribution in [1.82, 2.24) is 10.2 Å². The summed E-state index contributed by atoms with van der Waals surface area (Å²) in [4.78, 5) is 1.15. The Morgan fingerprint density at radius 1 is 1.17 bits per heavy atom. The first-order valence-electron chi connectivity index (χ1n) is 3.39. The highest BCUT2D eigenvalue weighted by atomic mass is 79.9. The summed E-state index contributed by atoms with van der Waals surface area (Å²) in [7, 11) is 0. The molecule has 60 valence electrons. The van der Waals surface area contributed by atoms with Gasteiger partial charge in [0.25, 0.3) is 0 Å². The topological polar surface area (TPSA) is 25.8 Å². The molecule has 0 saturated carbocycles. The fourth-order valence-electron chi connectivity index (χ4n) is 0.872. The molecule has 2 nitrogen and oxygen atoms in total. The minimum absolute atomic E-state index is 0.766. The van der Waals surface area contributed by atoms with Crippen molar-refractivity contribution in [2.24, 2.45) is 0 Å². The van der Waals surface area contributed by atoms with Crippen LogP contribution in [-0.4, -0.2) is 10.2 Å². The number of nitrogens with zero attached hydrogens (tertiary/aromatic N) is 2. The molecule has 0 aromatic carbocycles. The maximum atomic E-state index is 4.03. The molecule has 2 aromatic heterocycles. The van der Waals surface area contributed by atoms with E-state index in [0.29, 0.717) is 0 Å². The van der Waals surface area contributed by atoms with Gasteiger partial charge in [0, 0.05) is 0 Å². The zero-order valence-electron chi connectivity index (χ0n) is 6.07. The van der Waals surface area contributed by atoms with Crippen LogP contribution in [0.1, 0.15) is 0 Å². The van der Waals surface area contributed by atoms with Gasteiger partial charge in [-0.05, 0) is 39.5 Å². The summed E-state index contributed by atoms with van der Waals surface area (Å²) >= 11 is 4.90. The van der Waals surface area contributed by atoms with Gasteiger partial charge in [0.1, 0.15) is 10.3 Å². The van der Waals surface area contributed by atoms with Gasteiger partial charge >= 0.3 is 0 Å². The first-order chi connectivity index (χ1) is 5.86. The van der Waals surface area contributed by atoms with Crippen molar-refractivity contribution in [3.8, 4) is 10.6 Å². The zero-order valence-corrected chi connectivity index (χ0v) is 8.47. The lowest BCUT2D eigenvalue weighted by molar-refractivity contribution is 1.01. The van der Waals surface area contributed by atoms with Gasteiger partial charge in [-0.1, -0.05) is 6.07 Å². The largest absolute Gasteiger partial charge is 0.149 e. The second-order valence-electron chi connectivity index (χ2n) is 2.22. The van der Waals surface area contributed by atoms with E-state index in [2.05, 4.69) is 26.1 Å². The van der Waals surface area contributed by atoms with Crippen molar-refractivity contribution in [1.29, 1.82) is 0 Å². The monoisotopic (exact) mass is 240 g/mol. The number of thiophene rings is 1. The Balaban J connectivity index is 2.43. The van der Waals surface area contributed by atoms with E-state index in [0.717, 1.165) is 15.2 Å². The highest BCUT2D eigenvalue weighted by molar-refractivity contribution is 9.10. The molecule has 0 saturated heterocycles. The number of rotatable bonds is 1. The first kappa shape index (κ1) is 7.89. The Kier molecular flexibility index (Phi) is 2.19. The van der Waals surface area contributed by atoms with Gasteiger partial charge in [-0.25, -0.2) is 0 Å². The quantitative estimate of drug-likeness (QED) is 0.767. The van der Waals surface area contributed by atoms with Crippen LogP contribution in [0.2, 0.25) is 0 Å². The number of hydrogen-bond acceptors (Lipinski definition) is 3. The zero-order chi connectivity index (χ0) is 8.39. The van der Waals surface area contributed by atoms with Gasteiger partial charge in [-0.3, -0.25) is 0 Å². The van der Waals surface area contributed by atoms with Gasteiger partial charge in [-0.15, -0.1) is 21.5 Å². The van der Waals surface area contributed by atoms with Gasteiger partial charge in [-0.2, -0.15) is 0 Å². The van der Waals surface area contributed by atoms with Crippen LogP contribution in [0.25, 0.3) is 10.6 Å². The average molecular weight is 241 g/mol. The number of hydrogen-bond donors (Lipinski definition) is 0. The fraction of sp³-hybridized carbons (Fsp3) is 0. The highest BCUT2D eigenvalue weighted by Crippen LogP contribution is 2.22. The van der Waals surface area contributed by atoms with E-state index in [-0.39, 0.29) is 0 Å². The third kappa shape index (κ3) is 1.54. The van der Waals surface area contributed by atoms with Crippen molar-refractivity contribution in [3.63, 3.8) is 0 Å². The summed E-state index contributed by atoms with van der Waals surface area (Å²) in [6.07, 6.45) is 0. The van der Waals surface area contributed by atoms with Crippen LogP contribution in [0.5, 0.6) is 0 Å². The van der Waals surface area contributed by atoms with Crippen molar-refractivity contribution >= 4 is 27.3 Å². The van der Waals surface area contributed by atoms with Crippen molar-refractivity contribution in [2.45, 2.75) is 0 Å². The summed E-state index contributed by atoms with van der Waals surface area (Å²) in [5.74, 6) is 0. The summed E-state index contributed by atoms with van der Waals surface area (Å²) in [5.41, 5.74) is 0.924. The van der Waals surface area contributed by atoms with Crippen LogP contribution in [0.3, 0.4) is 0 Å². The molecule has 0 amide bonds. The predicted molar refractivity (Wildman–Crippen MR) is 53.0 cm³/mol. The highest BCUT2D eigenvalue weighted by Gasteiger charge is 1.99. The predicted octanol–water partition coefficient (Wildman–Crippen LogP) is 2.97. The smallest absolute Gasteiger partial charge is 0.128 e. The van der Waals surface area contributed by atoms with Crippen LogP contribution in [-0.2, 0) is 0 Å². The lowest BCUT2D eigenvalue weighted by Crippen LogP contribution is -1.84. The third-order valence-electron chi connectivity index (χ3n) is 1.41. The Morgan fingerprint density at radius 3 is 2.67 bits per heavy atom. The molecule has 2 aromatic rings. The average Bonchev–Trinajstić information content (AvgIpc) is 2.58. The first-order valence-corrected chi connectivity index (χ1v) is 5.06. The molecule has 0 bridgehead atoms. The normalized spacial score (nSPS) is 10.1. The molecule has 2 rings (SSSR count). The second kappa shape index (κ2) is 3.33. The number of aromatic nitrogens is 2. The molecule has 0 aliphatic rings. The van der Waals surface area contributed by atoms with Crippen LogP contribution in [0.4, 0.5) is 0 Å². The van der Waals surface area contributed by atoms with E-state index in [1.165, 1.54) is 0 Å². The van der Waals surface area contributed by atoms with Gasteiger partial charge in [0.15, 0.2) is 0 Å². The lowest BCUT2D eigenvalue weighted by Gasteiger charge is -1.93. The van der Waals surface area contributed by atoms with Crippen molar-refractivity contribution < 1.29 is 0 Å². The summed E-state index contributed by atoms with van der Waals surface area (Å²) in [6, 6.07) is 7.87. The molecule has 0 aliphatic carbocycles. The van der Waals surface area contributed by atoms with E-state index in [9.17, 15) is 0 Å². The minimum atomic E-state index is 0.766. The summed E-state index contributed by atoms with van der Waals surface area (Å²) in [6.45, 7) is 0. The van der Waals surface area contributed by atoms with E-state index >= 15 is 0 Å². The minimum Gasteiger partial charge on any atom is -0.149 e. The molecule has 2 heterocycles. The summed E-state index contributed by atoms with van der Waals surface area (Å²) < 4.78 is 0.766. The Morgan fingerprint density at radius 2 is 2.08 bits per heavy atom. The Labute approximate surface area is 82.4 Å². The van der Waals surface area contributed by atoms with Crippen molar-refractivity contribution in [3.05, 3.63) is 34.2 Å². The molecule has 12 heavy (non-hydrogen) atoms. The maximum Gasteiger partial charge on any atom is 0.128 e. The van der Waals surface area contributed by atoms with E-state index < -0.39 is 0 Å². The van der Waals surface area contributed by atoms with Crippen LogP contribution in [0.15, 0.2) is 34.2 Å². The van der Waals surface area contributed by atoms with Gasteiger partial charge in [0.2, 0.25) is 0 Å². The molecule has 0 spiro atoms. The summed E-state index contributed by atoms with van der Waals surface area (Å²) in [5, 5.41) is 9.97. The molecule has 0 unspecified atom stereocenters. The van der Waals surface area contributed by atoms with E-state index in [1.807, 2.05) is 29.6 Å². The molecule has 0 N–H and O–H groups in total. The SMILES string of the molecule is Brc1ccc(-c2cccs2)nn1. The Bertz CT molecular complexity index is 355. The standard InChI is InChI=1S/C8H5BrN2S/c9-8-4-3-6(10-11-8)7-2-1-5-12-7/h1-5H. The van der Waals surface area contributed by atoms with Crippen molar-refractivity contribution in [2.75, 3.05) is 0 Å². The lowest BCUT2D eigenvalue weighted by atomic mass is 10.3. The van der Waals surface area contributed by atoms with Gasteiger partial charge < -0.3 is 0 Å². The molecule has 0 atom stereocenters. The van der Waals surface area contributed by atoms with Crippen LogP contribution < -0.4 is 0 Å². The molecule has 0 aliphatic heterocycles. The van der Waals surface area contributed by atoms with Crippen LogP contribution >= 0.6 is 27.3 Å².